The summed E-state index contributed by atoms with van der Waals surface area (Å²) < 4.78 is 5.73. The Hall–Kier alpha value is -1.26. The van der Waals surface area contributed by atoms with Gasteiger partial charge >= 0.3 is 0 Å². The lowest BCUT2D eigenvalue weighted by atomic mass is 9.84. The van der Waals surface area contributed by atoms with Crippen LogP contribution >= 0.6 is 12.4 Å². The van der Waals surface area contributed by atoms with Crippen molar-refractivity contribution in [2.24, 2.45) is 11.7 Å². The Balaban J connectivity index is 0.00000264. The van der Waals surface area contributed by atoms with Gasteiger partial charge in [-0.25, -0.2) is 0 Å². The third-order valence-electron chi connectivity index (χ3n) is 4.56. The largest absolute Gasteiger partial charge is 0.491 e. The van der Waals surface area contributed by atoms with Gasteiger partial charge in [-0.3, -0.25) is 4.79 Å². The predicted octanol–water partition coefficient (Wildman–Crippen LogP) is 3.53. The summed E-state index contributed by atoms with van der Waals surface area (Å²) in [7, 11) is 0. The number of benzene rings is 1. The van der Waals surface area contributed by atoms with Crippen molar-refractivity contribution in [2.45, 2.75) is 58.1 Å². The van der Waals surface area contributed by atoms with E-state index in [0.717, 1.165) is 25.0 Å². The molecular weight excluding hydrogens is 312 g/mol. The van der Waals surface area contributed by atoms with Gasteiger partial charge in [0.15, 0.2) is 0 Å². The lowest BCUT2D eigenvalue weighted by Crippen LogP contribution is -2.44. The molecule has 3 N–H and O–H groups in total. The average molecular weight is 341 g/mol. The van der Waals surface area contributed by atoms with Gasteiger partial charge in [0.1, 0.15) is 5.75 Å². The summed E-state index contributed by atoms with van der Waals surface area (Å²) in [5, 5.41) is 3.15. The van der Waals surface area contributed by atoms with Crippen molar-refractivity contribution in [1.82, 2.24) is 5.32 Å². The van der Waals surface area contributed by atoms with Crippen LogP contribution in [0.2, 0.25) is 0 Å². The highest BCUT2D eigenvalue weighted by atomic mass is 35.5. The molecule has 0 spiro atoms. The molecular formula is C18H29ClN2O2. The van der Waals surface area contributed by atoms with Crippen molar-refractivity contribution in [3.8, 4) is 5.75 Å². The first-order valence-electron chi connectivity index (χ1n) is 8.41. The third kappa shape index (κ3) is 5.70. The van der Waals surface area contributed by atoms with Gasteiger partial charge in [0.2, 0.25) is 0 Å². The molecule has 130 valence electrons. The van der Waals surface area contributed by atoms with Gasteiger partial charge in [0.25, 0.3) is 5.91 Å². The minimum Gasteiger partial charge on any atom is -0.491 e. The van der Waals surface area contributed by atoms with Crippen LogP contribution in [0.25, 0.3) is 0 Å². The molecule has 0 bridgehead atoms. The molecule has 3 atom stereocenters. The second-order valence-electron chi connectivity index (χ2n) is 6.22. The van der Waals surface area contributed by atoms with Gasteiger partial charge in [0, 0.05) is 11.6 Å². The zero-order chi connectivity index (χ0) is 15.9. The number of ether oxygens (including phenoxy) is 1. The summed E-state index contributed by atoms with van der Waals surface area (Å²) in [5.74, 6) is 1.20. The highest BCUT2D eigenvalue weighted by Gasteiger charge is 2.25. The standard InChI is InChI=1S/C18H28N2O2.ClH/c1-3-13(2)22-16-10-8-14(9-11-16)18(21)20-17-7-5-4-6-15(17)12-19;/h8-11,13,15,17H,3-7,12,19H2,1-2H3,(H,20,21);1H. The fourth-order valence-electron chi connectivity index (χ4n) is 2.93. The van der Waals surface area contributed by atoms with Crippen LogP contribution in [0.1, 0.15) is 56.3 Å². The third-order valence-corrected chi connectivity index (χ3v) is 4.56. The van der Waals surface area contributed by atoms with Crippen molar-refractivity contribution < 1.29 is 9.53 Å². The Kier molecular flexibility index (Phi) is 8.42. The first-order valence-corrected chi connectivity index (χ1v) is 8.41. The molecule has 4 nitrogen and oxygen atoms in total. The number of carbonyl (C=O) groups is 1. The molecule has 1 aromatic carbocycles. The van der Waals surface area contributed by atoms with Crippen LogP contribution in [-0.2, 0) is 0 Å². The fourth-order valence-corrected chi connectivity index (χ4v) is 2.93. The van der Waals surface area contributed by atoms with Crippen LogP contribution in [0.4, 0.5) is 0 Å². The predicted molar refractivity (Wildman–Crippen MR) is 96.3 cm³/mol. The summed E-state index contributed by atoms with van der Waals surface area (Å²) in [6.07, 6.45) is 5.68. The molecule has 0 aromatic heterocycles. The molecule has 2 rings (SSSR count). The minimum atomic E-state index is -0.0135. The summed E-state index contributed by atoms with van der Waals surface area (Å²) in [6, 6.07) is 7.59. The van der Waals surface area contributed by atoms with E-state index in [4.69, 9.17) is 10.5 Å². The lowest BCUT2D eigenvalue weighted by molar-refractivity contribution is 0.0908. The molecule has 1 aliphatic rings. The van der Waals surface area contributed by atoms with E-state index in [2.05, 4.69) is 12.2 Å². The van der Waals surface area contributed by atoms with E-state index in [1.807, 2.05) is 31.2 Å². The van der Waals surface area contributed by atoms with E-state index in [-0.39, 0.29) is 30.5 Å². The molecule has 5 heteroatoms. The Labute approximate surface area is 145 Å². The molecule has 1 saturated carbocycles. The molecule has 0 radical (unpaired) electrons. The number of nitrogens with two attached hydrogens (primary N) is 1. The summed E-state index contributed by atoms with van der Waals surface area (Å²) in [4.78, 5) is 12.4. The second-order valence-corrected chi connectivity index (χ2v) is 6.22. The van der Waals surface area contributed by atoms with Crippen molar-refractivity contribution in [3.05, 3.63) is 29.8 Å². The number of nitrogens with one attached hydrogen (secondary N) is 1. The monoisotopic (exact) mass is 340 g/mol. The highest BCUT2D eigenvalue weighted by molar-refractivity contribution is 5.94. The molecule has 3 unspecified atom stereocenters. The van der Waals surface area contributed by atoms with E-state index in [9.17, 15) is 4.79 Å². The number of hydrogen-bond acceptors (Lipinski definition) is 3. The van der Waals surface area contributed by atoms with Crippen LogP contribution in [0.3, 0.4) is 0 Å². The van der Waals surface area contributed by atoms with Crippen molar-refractivity contribution in [3.63, 3.8) is 0 Å². The maximum atomic E-state index is 12.4. The molecule has 1 fully saturated rings. The van der Waals surface area contributed by atoms with Crippen LogP contribution < -0.4 is 15.8 Å². The zero-order valence-electron chi connectivity index (χ0n) is 14.1. The van der Waals surface area contributed by atoms with E-state index in [0.29, 0.717) is 18.0 Å². The SMILES string of the molecule is CCC(C)Oc1ccc(C(=O)NC2CCCCC2CN)cc1.Cl. The lowest BCUT2D eigenvalue weighted by Gasteiger charge is -2.31. The average Bonchev–Trinajstić information content (AvgIpc) is 2.55. The summed E-state index contributed by atoms with van der Waals surface area (Å²) >= 11 is 0. The quantitative estimate of drug-likeness (QED) is 0.832. The molecule has 0 saturated heterocycles. The summed E-state index contributed by atoms with van der Waals surface area (Å²) in [6.45, 7) is 4.77. The molecule has 0 aliphatic heterocycles. The second kappa shape index (κ2) is 9.78. The number of rotatable bonds is 6. The first kappa shape index (κ1) is 19.8. The number of amides is 1. The maximum Gasteiger partial charge on any atom is 0.251 e. The molecule has 1 aromatic rings. The molecule has 0 heterocycles. The molecule has 1 aliphatic carbocycles. The number of halogens is 1. The van der Waals surface area contributed by atoms with Crippen molar-refractivity contribution in [1.29, 1.82) is 0 Å². The Morgan fingerprint density at radius 1 is 1.30 bits per heavy atom. The van der Waals surface area contributed by atoms with Crippen molar-refractivity contribution >= 4 is 18.3 Å². The van der Waals surface area contributed by atoms with Gasteiger partial charge in [0.05, 0.1) is 6.10 Å². The van der Waals surface area contributed by atoms with Crippen LogP contribution in [0.5, 0.6) is 5.75 Å². The normalized spacial score (nSPS) is 21.9. The Morgan fingerprint density at radius 3 is 2.57 bits per heavy atom. The van der Waals surface area contributed by atoms with E-state index in [1.165, 1.54) is 12.8 Å². The molecule has 23 heavy (non-hydrogen) atoms. The van der Waals surface area contributed by atoms with Gasteiger partial charge in [-0.05, 0) is 62.9 Å². The minimum absolute atomic E-state index is 0. The highest BCUT2D eigenvalue weighted by Crippen LogP contribution is 2.24. The Morgan fingerprint density at radius 2 is 1.96 bits per heavy atom. The molecule has 1 amide bonds. The smallest absolute Gasteiger partial charge is 0.251 e. The van der Waals surface area contributed by atoms with Gasteiger partial charge < -0.3 is 15.8 Å². The topological polar surface area (TPSA) is 64.3 Å². The van der Waals surface area contributed by atoms with E-state index in [1.54, 1.807) is 0 Å². The fraction of sp³-hybridized carbons (Fsp3) is 0.611. The number of carbonyl (C=O) groups excluding carboxylic acids is 1. The van der Waals surface area contributed by atoms with Crippen LogP contribution in [0.15, 0.2) is 24.3 Å². The Bertz CT molecular complexity index is 478. The van der Waals surface area contributed by atoms with Gasteiger partial charge in [-0.2, -0.15) is 0 Å². The summed E-state index contributed by atoms with van der Waals surface area (Å²) in [5.41, 5.74) is 6.50. The van der Waals surface area contributed by atoms with E-state index < -0.39 is 0 Å². The van der Waals surface area contributed by atoms with Crippen molar-refractivity contribution in [2.75, 3.05) is 6.54 Å². The zero-order valence-corrected chi connectivity index (χ0v) is 14.9. The van der Waals surface area contributed by atoms with Crippen LogP contribution in [0, 0.1) is 5.92 Å². The van der Waals surface area contributed by atoms with E-state index >= 15 is 0 Å². The number of hydrogen-bond donors (Lipinski definition) is 2. The van der Waals surface area contributed by atoms with Gasteiger partial charge in [-0.15, -0.1) is 12.4 Å². The maximum absolute atomic E-state index is 12.4. The van der Waals surface area contributed by atoms with Gasteiger partial charge in [-0.1, -0.05) is 19.8 Å². The van der Waals surface area contributed by atoms with Crippen LogP contribution in [-0.4, -0.2) is 24.6 Å². The first-order chi connectivity index (χ1) is 10.6.